The molecule has 4 nitrogen and oxygen atoms in total. The number of hydrogen-bond acceptors (Lipinski definition) is 4. The lowest BCUT2D eigenvalue weighted by molar-refractivity contribution is -0.0279. The molecule has 0 radical (unpaired) electrons. The van der Waals surface area contributed by atoms with Crippen molar-refractivity contribution in [1.82, 2.24) is 10.3 Å². The minimum Gasteiger partial charge on any atom is -0.372 e. The molecule has 0 amide bonds. The zero-order valence-corrected chi connectivity index (χ0v) is 11.9. The molecule has 0 spiro atoms. The molecule has 2 heterocycles. The maximum Gasteiger partial charge on any atom is 0.128 e. The van der Waals surface area contributed by atoms with E-state index in [-0.39, 0.29) is 5.60 Å². The molecule has 0 unspecified atom stereocenters. The van der Waals surface area contributed by atoms with E-state index >= 15 is 0 Å². The summed E-state index contributed by atoms with van der Waals surface area (Å²) in [6, 6.07) is 5.06. The van der Waals surface area contributed by atoms with Crippen LogP contribution in [-0.4, -0.2) is 36.3 Å². The molecule has 2 aliphatic rings. The van der Waals surface area contributed by atoms with Crippen LogP contribution < -0.4 is 10.2 Å². The predicted octanol–water partition coefficient (Wildman–Crippen LogP) is 1.95. The summed E-state index contributed by atoms with van der Waals surface area (Å²) in [6.07, 6.45) is 4.65. The largest absolute Gasteiger partial charge is 0.372 e. The molecule has 0 aromatic carbocycles. The molecule has 19 heavy (non-hydrogen) atoms. The zero-order chi connectivity index (χ0) is 13.3. The third-order valence-electron chi connectivity index (χ3n) is 3.73. The highest BCUT2D eigenvalue weighted by molar-refractivity contribution is 5.40. The van der Waals surface area contributed by atoms with Gasteiger partial charge in [0.2, 0.25) is 0 Å². The Morgan fingerprint density at radius 1 is 1.42 bits per heavy atom. The quantitative estimate of drug-likeness (QED) is 0.899. The Morgan fingerprint density at radius 3 is 2.89 bits per heavy atom. The molecule has 1 saturated carbocycles. The molecule has 1 saturated heterocycles. The third-order valence-corrected chi connectivity index (χ3v) is 3.73. The molecule has 1 aliphatic heterocycles. The fourth-order valence-electron chi connectivity index (χ4n) is 2.47. The molecular formula is C15H23N3O. The molecule has 1 aliphatic carbocycles. The highest BCUT2D eigenvalue weighted by Gasteiger charge is 2.27. The summed E-state index contributed by atoms with van der Waals surface area (Å²) in [7, 11) is 0. The first-order chi connectivity index (χ1) is 9.12. The molecular weight excluding hydrogens is 238 g/mol. The Morgan fingerprint density at radius 2 is 2.26 bits per heavy atom. The number of aromatic nitrogens is 1. The fourth-order valence-corrected chi connectivity index (χ4v) is 2.47. The number of ether oxygens (including phenoxy) is 1. The number of pyridine rings is 1. The van der Waals surface area contributed by atoms with Gasteiger partial charge in [-0.15, -0.1) is 0 Å². The Bertz CT molecular complexity index is 426. The third kappa shape index (κ3) is 3.45. The van der Waals surface area contributed by atoms with Gasteiger partial charge in [0.1, 0.15) is 5.82 Å². The van der Waals surface area contributed by atoms with E-state index in [2.05, 4.69) is 41.2 Å². The van der Waals surface area contributed by atoms with Crippen LogP contribution in [0.25, 0.3) is 0 Å². The highest BCUT2D eigenvalue weighted by atomic mass is 16.5. The second-order valence-electron chi connectivity index (χ2n) is 6.21. The second-order valence-corrected chi connectivity index (χ2v) is 6.21. The van der Waals surface area contributed by atoms with Crippen molar-refractivity contribution in [2.24, 2.45) is 0 Å². The predicted molar refractivity (Wildman–Crippen MR) is 76.3 cm³/mol. The van der Waals surface area contributed by atoms with Crippen LogP contribution in [0.1, 0.15) is 32.3 Å². The van der Waals surface area contributed by atoms with Gasteiger partial charge in [0, 0.05) is 31.9 Å². The monoisotopic (exact) mass is 261 g/mol. The van der Waals surface area contributed by atoms with E-state index in [1.165, 1.54) is 18.4 Å². The van der Waals surface area contributed by atoms with Gasteiger partial charge in [-0.3, -0.25) is 0 Å². The van der Waals surface area contributed by atoms with Crippen LogP contribution in [0.5, 0.6) is 0 Å². The lowest BCUT2D eigenvalue weighted by atomic mass is 10.1. The van der Waals surface area contributed by atoms with Crippen LogP contribution in [0.15, 0.2) is 18.3 Å². The van der Waals surface area contributed by atoms with Crippen molar-refractivity contribution in [2.45, 2.75) is 44.9 Å². The molecule has 1 N–H and O–H groups in total. The van der Waals surface area contributed by atoms with Crippen LogP contribution in [0.2, 0.25) is 0 Å². The molecule has 1 aromatic heterocycles. The minimum absolute atomic E-state index is 0.0773. The Kier molecular flexibility index (Phi) is 3.46. The number of nitrogens with zero attached hydrogens (tertiary/aromatic N) is 2. The summed E-state index contributed by atoms with van der Waals surface area (Å²) in [6.45, 7) is 7.81. The normalized spacial score (nSPS) is 22.5. The van der Waals surface area contributed by atoms with E-state index in [9.17, 15) is 0 Å². The van der Waals surface area contributed by atoms with Crippen LogP contribution in [0, 0.1) is 0 Å². The molecule has 104 valence electrons. The molecule has 0 bridgehead atoms. The van der Waals surface area contributed by atoms with Gasteiger partial charge >= 0.3 is 0 Å². The summed E-state index contributed by atoms with van der Waals surface area (Å²) in [5, 5.41) is 3.51. The Hall–Kier alpha value is -1.13. The number of nitrogens with one attached hydrogen (secondary N) is 1. The van der Waals surface area contributed by atoms with Crippen LogP contribution >= 0.6 is 0 Å². The number of rotatable bonds is 4. The van der Waals surface area contributed by atoms with Crippen molar-refractivity contribution in [3.05, 3.63) is 23.9 Å². The van der Waals surface area contributed by atoms with Gasteiger partial charge in [-0.05, 0) is 38.3 Å². The molecule has 3 rings (SSSR count). The molecule has 4 heteroatoms. The second kappa shape index (κ2) is 5.10. The number of morpholine rings is 1. The smallest absolute Gasteiger partial charge is 0.128 e. The van der Waals surface area contributed by atoms with Gasteiger partial charge in [0.15, 0.2) is 0 Å². The van der Waals surface area contributed by atoms with Crippen LogP contribution in [-0.2, 0) is 11.3 Å². The van der Waals surface area contributed by atoms with Crippen molar-refractivity contribution in [3.63, 3.8) is 0 Å². The summed E-state index contributed by atoms with van der Waals surface area (Å²) < 4.78 is 5.73. The van der Waals surface area contributed by atoms with Gasteiger partial charge in [-0.2, -0.15) is 0 Å². The van der Waals surface area contributed by atoms with E-state index in [1.54, 1.807) is 0 Å². The first-order valence-electron chi connectivity index (χ1n) is 7.20. The topological polar surface area (TPSA) is 37.4 Å². The van der Waals surface area contributed by atoms with E-state index in [0.717, 1.165) is 38.1 Å². The first kappa shape index (κ1) is 12.9. The van der Waals surface area contributed by atoms with Gasteiger partial charge in [-0.1, -0.05) is 6.07 Å². The van der Waals surface area contributed by atoms with Crippen molar-refractivity contribution in [1.29, 1.82) is 0 Å². The summed E-state index contributed by atoms with van der Waals surface area (Å²) >= 11 is 0. The van der Waals surface area contributed by atoms with Crippen LogP contribution in [0.4, 0.5) is 5.82 Å². The lowest BCUT2D eigenvalue weighted by Crippen LogP contribution is -2.48. The molecule has 2 fully saturated rings. The van der Waals surface area contributed by atoms with E-state index in [0.29, 0.717) is 0 Å². The Labute approximate surface area is 115 Å². The minimum atomic E-state index is -0.0773. The number of hydrogen-bond donors (Lipinski definition) is 1. The van der Waals surface area contributed by atoms with Crippen LogP contribution in [0.3, 0.4) is 0 Å². The fraction of sp³-hybridized carbons (Fsp3) is 0.667. The van der Waals surface area contributed by atoms with Gasteiger partial charge < -0.3 is 15.0 Å². The molecule has 0 atom stereocenters. The number of anilines is 1. The van der Waals surface area contributed by atoms with Gasteiger partial charge in [-0.25, -0.2) is 4.98 Å². The van der Waals surface area contributed by atoms with Crippen molar-refractivity contribution in [3.8, 4) is 0 Å². The lowest BCUT2D eigenvalue weighted by Gasteiger charge is -2.38. The Balaban J connectivity index is 1.61. The summed E-state index contributed by atoms with van der Waals surface area (Å²) in [5.74, 6) is 1.06. The van der Waals surface area contributed by atoms with Crippen molar-refractivity contribution in [2.75, 3.05) is 24.6 Å². The highest BCUT2D eigenvalue weighted by Crippen LogP contribution is 2.22. The first-order valence-corrected chi connectivity index (χ1v) is 7.20. The maximum absolute atomic E-state index is 5.73. The van der Waals surface area contributed by atoms with E-state index < -0.39 is 0 Å². The standard InChI is InChI=1S/C15H23N3O/c1-15(2)11-18(7-8-19-15)14-6-3-12(10-17-14)9-16-13-4-5-13/h3,6,10,13,16H,4-5,7-9,11H2,1-2H3. The zero-order valence-electron chi connectivity index (χ0n) is 11.9. The van der Waals surface area contributed by atoms with Gasteiger partial charge in [0.25, 0.3) is 0 Å². The molecule has 1 aromatic rings. The van der Waals surface area contributed by atoms with Crippen molar-refractivity contribution >= 4 is 5.82 Å². The average molecular weight is 261 g/mol. The summed E-state index contributed by atoms with van der Waals surface area (Å²) in [5.41, 5.74) is 1.19. The van der Waals surface area contributed by atoms with Gasteiger partial charge in [0.05, 0.1) is 12.2 Å². The van der Waals surface area contributed by atoms with E-state index in [1.807, 2.05) is 6.20 Å². The SMILES string of the molecule is CC1(C)CN(c2ccc(CNC3CC3)cn2)CCO1. The van der Waals surface area contributed by atoms with E-state index in [4.69, 9.17) is 4.74 Å². The average Bonchev–Trinajstić information content (AvgIpc) is 3.20. The van der Waals surface area contributed by atoms with Crippen molar-refractivity contribution < 1.29 is 4.74 Å². The summed E-state index contributed by atoms with van der Waals surface area (Å²) in [4.78, 5) is 6.90. The maximum atomic E-state index is 5.73.